The summed E-state index contributed by atoms with van der Waals surface area (Å²) in [6, 6.07) is 19.4. The van der Waals surface area contributed by atoms with Crippen LogP contribution in [0.2, 0.25) is 5.02 Å². The van der Waals surface area contributed by atoms with Gasteiger partial charge in [0.2, 0.25) is 0 Å². The molecule has 5 heteroatoms. The number of nitrogen functional groups attached to an aromatic ring is 1. The molecule has 0 saturated carbocycles. The van der Waals surface area contributed by atoms with E-state index in [9.17, 15) is 9.18 Å². The molecule has 3 aromatic carbocycles. The zero-order chi connectivity index (χ0) is 19.8. The molecule has 0 fully saturated rings. The highest BCUT2D eigenvalue weighted by atomic mass is 35.5. The van der Waals surface area contributed by atoms with Crippen molar-refractivity contribution in [3.8, 4) is 11.1 Å². The molecule has 0 aliphatic carbocycles. The van der Waals surface area contributed by atoms with Crippen LogP contribution in [0.4, 0.5) is 10.1 Å². The van der Waals surface area contributed by atoms with Gasteiger partial charge < -0.3 is 10.3 Å². The van der Waals surface area contributed by atoms with Crippen molar-refractivity contribution < 1.29 is 9.18 Å². The van der Waals surface area contributed by atoms with Crippen molar-refractivity contribution in [1.29, 1.82) is 0 Å². The zero-order valence-electron chi connectivity index (χ0n) is 15.2. The number of nitrogens with two attached hydrogens (primary N) is 1. The fourth-order valence-corrected chi connectivity index (χ4v) is 3.84. The Labute approximate surface area is 167 Å². The molecule has 0 bridgehead atoms. The maximum absolute atomic E-state index is 14.7. The van der Waals surface area contributed by atoms with Gasteiger partial charge in [0.05, 0.1) is 5.69 Å². The lowest BCUT2D eigenvalue weighted by atomic mass is 10.00. The predicted molar refractivity (Wildman–Crippen MR) is 112 cm³/mol. The van der Waals surface area contributed by atoms with E-state index in [1.807, 2.05) is 34.9 Å². The Morgan fingerprint density at radius 2 is 1.86 bits per heavy atom. The molecule has 4 rings (SSSR count). The molecule has 2 N–H and O–H groups in total. The summed E-state index contributed by atoms with van der Waals surface area (Å²) >= 11 is 6.24. The third-order valence-electron chi connectivity index (χ3n) is 4.79. The van der Waals surface area contributed by atoms with E-state index in [1.54, 1.807) is 30.3 Å². The van der Waals surface area contributed by atoms with E-state index < -0.39 is 0 Å². The van der Waals surface area contributed by atoms with Crippen LogP contribution < -0.4 is 5.73 Å². The van der Waals surface area contributed by atoms with Crippen molar-refractivity contribution in [3.05, 3.63) is 88.8 Å². The summed E-state index contributed by atoms with van der Waals surface area (Å²) in [6.45, 7) is 1.93. The van der Waals surface area contributed by atoms with Crippen LogP contribution in [0.3, 0.4) is 0 Å². The lowest BCUT2D eigenvalue weighted by Gasteiger charge is -2.11. The van der Waals surface area contributed by atoms with E-state index in [0.29, 0.717) is 34.1 Å². The van der Waals surface area contributed by atoms with Crippen LogP contribution in [-0.2, 0) is 6.54 Å². The molecule has 0 saturated heterocycles. The van der Waals surface area contributed by atoms with E-state index >= 15 is 0 Å². The van der Waals surface area contributed by atoms with E-state index in [1.165, 1.54) is 13.0 Å². The highest BCUT2D eigenvalue weighted by molar-refractivity contribution is 6.31. The third-order valence-corrected chi connectivity index (χ3v) is 5.03. The predicted octanol–water partition coefficient (Wildman–Crippen LogP) is 5.93. The standard InChI is InChI=1S/C23H18ClFN2O/c1-14(28)23-22(18-7-2-3-8-20(18)25)19-12-16(24)9-10-21(19)27(23)13-15-5-4-6-17(26)11-15/h2-12H,13,26H2,1H3. The quantitative estimate of drug-likeness (QED) is 0.345. The molecular formula is C23H18ClFN2O. The first-order valence-electron chi connectivity index (χ1n) is 8.87. The molecule has 0 aliphatic rings. The lowest BCUT2D eigenvalue weighted by Crippen LogP contribution is -2.09. The maximum atomic E-state index is 14.7. The molecule has 0 aliphatic heterocycles. The van der Waals surface area contributed by atoms with Gasteiger partial charge in [0.1, 0.15) is 5.82 Å². The van der Waals surface area contributed by atoms with Crippen LogP contribution in [-0.4, -0.2) is 10.4 Å². The van der Waals surface area contributed by atoms with Gasteiger partial charge in [-0.15, -0.1) is 0 Å². The Kier molecular flexibility index (Phi) is 4.65. The van der Waals surface area contributed by atoms with Crippen molar-refractivity contribution in [3.63, 3.8) is 0 Å². The second-order valence-corrected chi connectivity index (χ2v) is 7.19. The Morgan fingerprint density at radius 3 is 2.57 bits per heavy atom. The third kappa shape index (κ3) is 3.16. The largest absolute Gasteiger partial charge is 0.399 e. The van der Waals surface area contributed by atoms with E-state index in [2.05, 4.69) is 0 Å². The van der Waals surface area contributed by atoms with Gasteiger partial charge in [-0.1, -0.05) is 41.9 Å². The Morgan fingerprint density at radius 1 is 1.07 bits per heavy atom. The maximum Gasteiger partial charge on any atom is 0.176 e. The fourth-order valence-electron chi connectivity index (χ4n) is 3.67. The van der Waals surface area contributed by atoms with Gasteiger partial charge in [0.25, 0.3) is 0 Å². The summed E-state index contributed by atoms with van der Waals surface area (Å²) in [5, 5.41) is 1.27. The summed E-state index contributed by atoms with van der Waals surface area (Å²) in [5.41, 5.74) is 9.72. The number of carbonyl (C=O) groups excluding carboxylic acids is 1. The first-order chi connectivity index (χ1) is 13.5. The first-order valence-corrected chi connectivity index (χ1v) is 9.25. The molecule has 1 aromatic heterocycles. The van der Waals surface area contributed by atoms with Crippen molar-refractivity contribution in [1.82, 2.24) is 4.57 Å². The zero-order valence-corrected chi connectivity index (χ0v) is 16.0. The Hall–Kier alpha value is -3.11. The van der Waals surface area contributed by atoms with Gasteiger partial charge in [0, 0.05) is 46.2 Å². The van der Waals surface area contributed by atoms with Gasteiger partial charge in [-0.05, 0) is 42.0 Å². The molecule has 140 valence electrons. The normalized spacial score (nSPS) is 11.1. The lowest BCUT2D eigenvalue weighted by molar-refractivity contribution is 0.101. The van der Waals surface area contributed by atoms with Crippen LogP contribution >= 0.6 is 11.6 Å². The molecule has 1 heterocycles. The van der Waals surface area contributed by atoms with E-state index in [4.69, 9.17) is 17.3 Å². The molecule has 0 radical (unpaired) electrons. The molecular weight excluding hydrogens is 375 g/mol. The van der Waals surface area contributed by atoms with E-state index in [0.717, 1.165) is 16.5 Å². The van der Waals surface area contributed by atoms with Crippen molar-refractivity contribution in [2.45, 2.75) is 13.5 Å². The number of halogens is 2. The number of rotatable bonds is 4. The number of aromatic nitrogens is 1. The second kappa shape index (κ2) is 7.13. The number of ketones is 1. The van der Waals surface area contributed by atoms with Crippen molar-refractivity contribution in [2.75, 3.05) is 5.73 Å². The van der Waals surface area contributed by atoms with Crippen molar-refractivity contribution in [2.24, 2.45) is 0 Å². The van der Waals surface area contributed by atoms with Crippen LogP contribution in [0.25, 0.3) is 22.0 Å². The van der Waals surface area contributed by atoms with E-state index in [-0.39, 0.29) is 11.6 Å². The highest BCUT2D eigenvalue weighted by Crippen LogP contribution is 2.38. The molecule has 4 aromatic rings. The molecule has 0 spiro atoms. The Balaban J connectivity index is 2.06. The molecule has 3 nitrogen and oxygen atoms in total. The van der Waals surface area contributed by atoms with Gasteiger partial charge in [-0.25, -0.2) is 4.39 Å². The number of fused-ring (bicyclic) bond motifs is 1. The topological polar surface area (TPSA) is 48.0 Å². The average Bonchev–Trinajstić information content (AvgIpc) is 2.95. The summed E-state index contributed by atoms with van der Waals surface area (Å²) in [4.78, 5) is 12.7. The summed E-state index contributed by atoms with van der Waals surface area (Å²) in [5.74, 6) is -0.526. The van der Waals surface area contributed by atoms with Gasteiger partial charge in [0.15, 0.2) is 5.78 Å². The minimum absolute atomic E-state index is 0.144. The minimum atomic E-state index is -0.381. The number of anilines is 1. The Bertz CT molecular complexity index is 1210. The van der Waals surface area contributed by atoms with Crippen molar-refractivity contribution >= 4 is 34.0 Å². The smallest absolute Gasteiger partial charge is 0.176 e. The number of hydrogen-bond donors (Lipinski definition) is 1. The summed E-state index contributed by atoms with van der Waals surface area (Å²) in [6.07, 6.45) is 0. The van der Waals surface area contributed by atoms with Gasteiger partial charge in [-0.2, -0.15) is 0 Å². The number of benzene rings is 3. The molecule has 28 heavy (non-hydrogen) atoms. The van der Waals surface area contributed by atoms with Gasteiger partial charge in [-0.3, -0.25) is 4.79 Å². The highest BCUT2D eigenvalue weighted by Gasteiger charge is 2.23. The SMILES string of the molecule is CC(=O)c1c(-c2ccccc2F)c2cc(Cl)ccc2n1Cc1cccc(N)c1. The van der Waals surface area contributed by atoms with Crippen LogP contribution in [0.1, 0.15) is 23.0 Å². The number of hydrogen-bond acceptors (Lipinski definition) is 2. The molecule has 0 amide bonds. The van der Waals surface area contributed by atoms with Crippen LogP contribution in [0, 0.1) is 5.82 Å². The molecule has 0 atom stereocenters. The number of Topliss-reactive ketones (excluding diaryl/α,β-unsaturated/α-hetero) is 1. The first kappa shape index (κ1) is 18.3. The second-order valence-electron chi connectivity index (χ2n) is 6.75. The molecule has 0 unspecified atom stereocenters. The summed E-state index contributed by atoms with van der Waals surface area (Å²) < 4.78 is 16.6. The van der Waals surface area contributed by atoms with Crippen LogP contribution in [0.15, 0.2) is 66.7 Å². The number of nitrogens with zero attached hydrogens (tertiary/aromatic N) is 1. The fraction of sp³-hybridized carbons (Fsp3) is 0.0870. The number of carbonyl (C=O) groups is 1. The summed E-state index contributed by atoms with van der Waals surface area (Å²) in [7, 11) is 0. The average molecular weight is 393 g/mol. The monoisotopic (exact) mass is 392 g/mol. The van der Waals surface area contributed by atoms with Gasteiger partial charge >= 0.3 is 0 Å². The minimum Gasteiger partial charge on any atom is -0.399 e. The van der Waals surface area contributed by atoms with Crippen LogP contribution in [0.5, 0.6) is 0 Å².